The Bertz CT molecular complexity index is 1080. The zero-order chi connectivity index (χ0) is 28.0. The third-order valence-corrected chi connectivity index (χ3v) is 14.1. The number of aromatic nitrogens is 1. The van der Waals surface area contributed by atoms with Crippen LogP contribution in [-0.4, -0.2) is 99.8 Å². The second kappa shape index (κ2) is 13.1. The maximum atomic E-state index is 13.2. The predicted molar refractivity (Wildman–Crippen MR) is 159 cm³/mol. The first-order chi connectivity index (χ1) is 18.7. The minimum absolute atomic E-state index is 0.0745. The van der Waals surface area contributed by atoms with Crippen molar-refractivity contribution in [3.8, 4) is 5.75 Å². The molecule has 8 nitrogen and oxygen atoms in total. The number of rotatable bonds is 10. The smallest absolute Gasteiger partial charge is 0.410 e. The summed E-state index contributed by atoms with van der Waals surface area (Å²) in [4.78, 5) is 21.4. The number of aromatic amines is 1. The molecule has 2 aliphatic heterocycles. The SMILES string of the molecule is CC[Si](CC)(CC)c1[nH]c2c(OCCN3CCOCC3)cccc2c1C[C@H]1COCCN1C(=O)OC(C)(C)C. The Kier molecular flexibility index (Phi) is 10.0. The molecule has 2 saturated heterocycles. The van der Waals surface area contributed by atoms with Gasteiger partial charge in [-0.05, 0) is 38.8 Å². The second-order valence-corrected chi connectivity index (χ2v) is 17.1. The molecule has 2 fully saturated rings. The first-order valence-corrected chi connectivity index (χ1v) is 17.5. The van der Waals surface area contributed by atoms with Crippen LogP contribution in [0.25, 0.3) is 10.9 Å². The number of ether oxygens (including phenoxy) is 4. The molecule has 218 valence electrons. The summed E-state index contributed by atoms with van der Waals surface area (Å²) in [6.45, 7) is 19.4. The number of benzene rings is 1. The Morgan fingerprint density at radius 2 is 1.74 bits per heavy atom. The van der Waals surface area contributed by atoms with E-state index in [1.54, 1.807) is 0 Å². The summed E-state index contributed by atoms with van der Waals surface area (Å²) in [5.74, 6) is 0.906. The zero-order valence-electron chi connectivity index (χ0n) is 24.9. The lowest BCUT2D eigenvalue weighted by Gasteiger charge is -2.37. The van der Waals surface area contributed by atoms with Crippen LogP contribution in [-0.2, 0) is 20.6 Å². The van der Waals surface area contributed by atoms with Gasteiger partial charge in [0.05, 0.1) is 38.0 Å². The number of hydrogen-bond donors (Lipinski definition) is 1. The van der Waals surface area contributed by atoms with E-state index in [2.05, 4.69) is 48.9 Å². The molecule has 39 heavy (non-hydrogen) atoms. The fourth-order valence-electron chi connectivity index (χ4n) is 6.04. The van der Waals surface area contributed by atoms with Crippen molar-refractivity contribution in [2.75, 3.05) is 59.2 Å². The number of amides is 1. The highest BCUT2D eigenvalue weighted by atomic mass is 28.3. The van der Waals surface area contributed by atoms with Crippen LogP contribution in [0, 0.1) is 0 Å². The van der Waals surface area contributed by atoms with Gasteiger partial charge in [-0.15, -0.1) is 0 Å². The summed E-state index contributed by atoms with van der Waals surface area (Å²) >= 11 is 0. The first-order valence-electron chi connectivity index (χ1n) is 14.9. The Labute approximate surface area is 235 Å². The normalized spacial score (nSPS) is 19.4. The Morgan fingerprint density at radius 3 is 2.41 bits per heavy atom. The average molecular weight is 560 g/mol. The predicted octanol–water partition coefficient (Wildman–Crippen LogP) is 4.77. The number of carbonyl (C=O) groups excluding carboxylic acids is 1. The van der Waals surface area contributed by atoms with E-state index in [0.717, 1.165) is 50.5 Å². The van der Waals surface area contributed by atoms with Gasteiger partial charge >= 0.3 is 6.09 Å². The summed E-state index contributed by atoms with van der Waals surface area (Å²) in [6.07, 6.45) is 0.481. The molecule has 3 heterocycles. The van der Waals surface area contributed by atoms with Crippen LogP contribution in [0.2, 0.25) is 18.1 Å². The average Bonchev–Trinajstić information content (AvgIpc) is 3.29. The summed E-state index contributed by atoms with van der Waals surface area (Å²) < 4.78 is 23.6. The van der Waals surface area contributed by atoms with Gasteiger partial charge in [0, 0.05) is 36.9 Å². The molecule has 0 saturated carbocycles. The van der Waals surface area contributed by atoms with Gasteiger partial charge in [-0.2, -0.15) is 0 Å². The summed E-state index contributed by atoms with van der Waals surface area (Å²) in [5.41, 5.74) is 1.87. The number of nitrogens with zero attached hydrogens (tertiary/aromatic N) is 2. The van der Waals surface area contributed by atoms with Gasteiger partial charge in [0.15, 0.2) is 0 Å². The molecule has 0 bridgehead atoms. The van der Waals surface area contributed by atoms with Gasteiger partial charge < -0.3 is 28.8 Å². The highest BCUT2D eigenvalue weighted by molar-refractivity contribution is 6.91. The van der Waals surface area contributed by atoms with Crippen LogP contribution < -0.4 is 10.1 Å². The number of H-pyrrole nitrogens is 1. The van der Waals surface area contributed by atoms with Crippen molar-refractivity contribution in [3.05, 3.63) is 23.8 Å². The van der Waals surface area contributed by atoms with Crippen LogP contribution in [0.1, 0.15) is 47.1 Å². The van der Waals surface area contributed by atoms with Crippen LogP contribution in [0.5, 0.6) is 5.75 Å². The lowest BCUT2D eigenvalue weighted by Crippen LogP contribution is -2.53. The van der Waals surface area contributed by atoms with Crippen molar-refractivity contribution in [1.82, 2.24) is 14.8 Å². The third kappa shape index (κ3) is 6.99. The van der Waals surface area contributed by atoms with Gasteiger partial charge in [0.1, 0.15) is 26.0 Å². The van der Waals surface area contributed by atoms with Crippen LogP contribution in [0.15, 0.2) is 18.2 Å². The molecule has 0 aliphatic carbocycles. The maximum absolute atomic E-state index is 13.2. The molecular weight excluding hydrogens is 510 g/mol. The topological polar surface area (TPSA) is 76.3 Å². The largest absolute Gasteiger partial charge is 0.490 e. The van der Waals surface area contributed by atoms with Crippen LogP contribution >= 0.6 is 0 Å². The fourth-order valence-corrected chi connectivity index (χ4v) is 9.87. The third-order valence-electron chi connectivity index (χ3n) is 8.53. The molecular formula is C30H49N3O5Si. The Balaban J connectivity index is 1.67. The number of fused-ring (bicyclic) bond motifs is 1. The van der Waals surface area contributed by atoms with E-state index in [0.29, 0.717) is 26.4 Å². The molecule has 0 unspecified atom stereocenters. The second-order valence-electron chi connectivity index (χ2n) is 11.9. The standard InChI is InChI=1S/C30H49N3O5Si/c1-7-39(8-2,9-3)28-25(21-23-22-36-19-16-33(23)29(34)38-30(4,5)6)24-11-10-12-26(27(24)31-28)37-20-15-32-13-17-35-18-14-32/h10-12,23,31H,7-9,13-22H2,1-6H3/t23-/m0/s1. The number of carbonyl (C=O) groups is 1. The fraction of sp³-hybridized carbons (Fsp3) is 0.700. The minimum Gasteiger partial charge on any atom is -0.490 e. The highest BCUT2D eigenvalue weighted by Crippen LogP contribution is 2.32. The number of morpholine rings is 2. The molecule has 1 atom stereocenters. The van der Waals surface area contributed by atoms with Gasteiger partial charge in [0.2, 0.25) is 0 Å². The molecule has 1 N–H and O–H groups in total. The molecule has 0 radical (unpaired) electrons. The van der Waals surface area contributed by atoms with Crippen LogP contribution in [0.4, 0.5) is 4.79 Å². The quantitative estimate of drug-likeness (QED) is 0.423. The lowest BCUT2D eigenvalue weighted by molar-refractivity contribution is -0.0318. The molecule has 2 aliphatic rings. The van der Waals surface area contributed by atoms with Crippen molar-refractivity contribution in [1.29, 1.82) is 0 Å². The van der Waals surface area contributed by atoms with Crippen molar-refractivity contribution in [2.45, 2.75) is 77.7 Å². The molecule has 2 aromatic rings. The summed E-state index contributed by atoms with van der Waals surface area (Å²) in [7, 11) is -1.78. The lowest BCUT2D eigenvalue weighted by atomic mass is 10.0. The molecule has 1 aromatic carbocycles. The Hall–Kier alpha value is -2.07. The minimum atomic E-state index is -1.78. The van der Waals surface area contributed by atoms with Crippen molar-refractivity contribution in [2.24, 2.45) is 0 Å². The van der Waals surface area contributed by atoms with Gasteiger partial charge in [-0.1, -0.05) is 51.0 Å². The number of para-hydroxylation sites is 1. The van der Waals surface area contributed by atoms with Gasteiger partial charge in [0.25, 0.3) is 0 Å². The molecule has 9 heteroatoms. The molecule has 0 spiro atoms. The zero-order valence-corrected chi connectivity index (χ0v) is 25.9. The molecule has 4 rings (SSSR count). The first kappa shape index (κ1) is 29.9. The van der Waals surface area contributed by atoms with E-state index in [1.165, 1.54) is 34.4 Å². The highest BCUT2D eigenvalue weighted by Gasteiger charge is 2.37. The van der Waals surface area contributed by atoms with E-state index in [-0.39, 0.29) is 12.1 Å². The number of hydrogen-bond acceptors (Lipinski definition) is 6. The van der Waals surface area contributed by atoms with E-state index in [9.17, 15) is 4.79 Å². The van der Waals surface area contributed by atoms with E-state index in [1.807, 2.05) is 25.7 Å². The van der Waals surface area contributed by atoms with Crippen LogP contribution in [0.3, 0.4) is 0 Å². The van der Waals surface area contributed by atoms with Crippen molar-refractivity contribution >= 4 is 30.4 Å². The van der Waals surface area contributed by atoms with Gasteiger partial charge in [-0.3, -0.25) is 4.90 Å². The monoisotopic (exact) mass is 559 g/mol. The number of nitrogens with one attached hydrogen (secondary N) is 1. The van der Waals surface area contributed by atoms with Crippen molar-refractivity contribution < 1.29 is 23.7 Å². The summed E-state index contributed by atoms with van der Waals surface area (Å²) in [6, 6.07) is 9.83. The molecule has 1 aromatic heterocycles. The van der Waals surface area contributed by atoms with Gasteiger partial charge in [-0.25, -0.2) is 4.79 Å². The van der Waals surface area contributed by atoms with Crippen molar-refractivity contribution in [3.63, 3.8) is 0 Å². The molecule has 1 amide bonds. The summed E-state index contributed by atoms with van der Waals surface area (Å²) in [5, 5.41) is 2.61. The van der Waals surface area contributed by atoms with E-state index >= 15 is 0 Å². The van der Waals surface area contributed by atoms with E-state index < -0.39 is 13.7 Å². The maximum Gasteiger partial charge on any atom is 0.410 e. The Morgan fingerprint density at radius 1 is 1.05 bits per heavy atom. The van der Waals surface area contributed by atoms with E-state index in [4.69, 9.17) is 18.9 Å².